The maximum Gasteiger partial charge on any atom is 0.254 e. The monoisotopic (exact) mass is 438 g/mol. The summed E-state index contributed by atoms with van der Waals surface area (Å²) in [5.74, 6) is 0.0635. The van der Waals surface area contributed by atoms with Gasteiger partial charge in [0.05, 0.1) is 24.7 Å². The first-order valence-corrected chi connectivity index (χ1v) is 10.8. The quantitative estimate of drug-likeness (QED) is 0.654. The molecule has 0 aliphatic carbocycles. The van der Waals surface area contributed by atoms with Crippen LogP contribution in [0.3, 0.4) is 0 Å². The van der Waals surface area contributed by atoms with Crippen LogP contribution in [0.5, 0.6) is 11.5 Å². The number of benzene rings is 2. The summed E-state index contributed by atoms with van der Waals surface area (Å²) in [5, 5.41) is 11.5. The highest BCUT2D eigenvalue weighted by Gasteiger charge is 2.33. The number of aliphatic hydroxyl groups excluding tert-OH is 1. The fourth-order valence-corrected chi connectivity index (χ4v) is 4.11. The lowest BCUT2D eigenvalue weighted by Crippen LogP contribution is -2.51. The largest absolute Gasteiger partial charge is 0.493 e. The number of aromatic nitrogens is 1. The molecule has 7 heteroatoms. The first-order valence-electron chi connectivity index (χ1n) is 10.8. The number of methoxy groups -OCH3 is 1. The van der Waals surface area contributed by atoms with Crippen molar-refractivity contribution >= 4 is 16.8 Å². The van der Waals surface area contributed by atoms with E-state index in [2.05, 4.69) is 11.9 Å². The number of fused-ring (bicyclic) bond motifs is 1. The van der Waals surface area contributed by atoms with Gasteiger partial charge in [-0.05, 0) is 49.2 Å². The van der Waals surface area contributed by atoms with E-state index in [1.54, 1.807) is 4.90 Å². The number of hydrogen-bond donors (Lipinski definition) is 1. The fourth-order valence-electron chi connectivity index (χ4n) is 4.11. The minimum Gasteiger partial charge on any atom is -0.493 e. The number of ether oxygens (including phenoxy) is 2. The average molecular weight is 438 g/mol. The highest BCUT2D eigenvalue weighted by Crippen LogP contribution is 2.31. The van der Waals surface area contributed by atoms with E-state index in [1.807, 2.05) is 31.2 Å². The van der Waals surface area contributed by atoms with Crippen molar-refractivity contribution in [2.75, 3.05) is 20.2 Å². The molecule has 1 saturated heterocycles. The zero-order valence-electron chi connectivity index (χ0n) is 18.5. The Hall–Kier alpha value is -3.19. The molecule has 2 aromatic carbocycles. The maximum absolute atomic E-state index is 13.4. The molecule has 4 rings (SSSR count). The topological polar surface area (TPSA) is 71.9 Å². The number of pyridine rings is 1. The van der Waals surface area contributed by atoms with Crippen molar-refractivity contribution in [2.24, 2.45) is 0 Å². The summed E-state index contributed by atoms with van der Waals surface area (Å²) < 4.78 is 24.5. The minimum absolute atomic E-state index is 0.134. The van der Waals surface area contributed by atoms with E-state index in [1.165, 1.54) is 25.3 Å². The molecule has 0 spiro atoms. The Morgan fingerprint density at radius 2 is 2.03 bits per heavy atom. The van der Waals surface area contributed by atoms with Crippen molar-refractivity contribution in [3.8, 4) is 11.5 Å². The smallest absolute Gasteiger partial charge is 0.254 e. The third-order valence-corrected chi connectivity index (χ3v) is 5.85. The van der Waals surface area contributed by atoms with Crippen LogP contribution < -0.4 is 9.47 Å². The van der Waals surface area contributed by atoms with Gasteiger partial charge in [-0.25, -0.2) is 4.39 Å². The first-order chi connectivity index (χ1) is 15.4. The van der Waals surface area contributed by atoms with E-state index in [4.69, 9.17) is 9.47 Å². The second kappa shape index (κ2) is 9.12. The summed E-state index contributed by atoms with van der Waals surface area (Å²) in [4.78, 5) is 19.6. The molecule has 1 aliphatic rings. The van der Waals surface area contributed by atoms with E-state index in [9.17, 15) is 14.3 Å². The first kappa shape index (κ1) is 22.0. The Morgan fingerprint density at radius 3 is 2.75 bits per heavy atom. The zero-order valence-corrected chi connectivity index (χ0v) is 18.5. The van der Waals surface area contributed by atoms with Crippen LogP contribution in [-0.4, -0.2) is 53.3 Å². The minimum atomic E-state index is -0.886. The van der Waals surface area contributed by atoms with E-state index >= 15 is 0 Å². The molecule has 168 valence electrons. The third-order valence-electron chi connectivity index (χ3n) is 5.85. The van der Waals surface area contributed by atoms with Gasteiger partial charge in [0, 0.05) is 30.1 Å². The maximum atomic E-state index is 13.4. The molecule has 1 aromatic heterocycles. The van der Waals surface area contributed by atoms with Crippen LogP contribution in [0, 0.1) is 12.7 Å². The summed E-state index contributed by atoms with van der Waals surface area (Å²) in [6.45, 7) is 4.51. The van der Waals surface area contributed by atoms with Crippen LogP contribution in [-0.2, 0) is 6.42 Å². The van der Waals surface area contributed by atoms with Gasteiger partial charge >= 0.3 is 0 Å². The number of aryl methyl sites for hydroxylation is 2. The Morgan fingerprint density at radius 1 is 1.22 bits per heavy atom. The number of hydrogen-bond acceptors (Lipinski definition) is 5. The Balaban J connectivity index is 1.53. The van der Waals surface area contributed by atoms with Crippen LogP contribution in [0.15, 0.2) is 42.5 Å². The number of carbonyl (C=O) groups is 1. The van der Waals surface area contributed by atoms with Gasteiger partial charge in [-0.15, -0.1) is 0 Å². The second-order valence-corrected chi connectivity index (χ2v) is 8.07. The van der Waals surface area contributed by atoms with Crippen molar-refractivity contribution in [1.82, 2.24) is 9.88 Å². The van der Waals surface area contributed by atoms with E-state index in [0.29, 0.717) is 24.3 Å². The highest BCUT2D eigenvalue weighted by molar-refractivity contribution is 6.06. The standard InChI is InChI=1S/C25H27FN2O4/c1-4-16-5-7-20-18(12-16)19(11-15(2)27-20)25(30)28-10-9-22(21(29)14-28)32-23-8-6-17(26)13-24(23)31-3/h5-8,11-13,21-22,29H,4,9-10,14H2,1-3H3/t21-,22-/m1/s1. The summed E-state index contributed by atoms with van der Waals surface area (Å²) >= 11 is 0. The summed E-state index contributed by atoms with van der Waals surface area (Å²) in [7, 11) is 1.43. The van der Waals surface area contributed by atoms with E-state index in [-0.39, 0.29) is 18.2 Å². The molecule has 1 N–H and O–H groups in total. The molecule has 0 radical (unpaired) electrons. The number of likely N-dealkylation sites (tertiary alicyclic amines) is 1. The number of rotatable bonds is 5. The molecule has 32 heavy (non-hydrogen) atoms. The Labute approximate surface area is 186 Å². The normalized spacial score (nSPS) is 18.6. The highest BCUT2D eigenvalue weighted by atomic mass is 19.1. The lowest BCUT2D eigenvalue weighted by Gasteiger charge is -2.36. The number of piperidine rings is 1. The lowest BCUT2D eigenvalue weighted by atomic mass is 10.00. The van der Waals surface area contributed by atoms with Crippen molar-refractivity contribution in [1.29, 1.82) is 0 Å². The number of carbonyl (C=O) groups excluding carboxylic acids is 1. The second-order valence-electron chi connectivity index (χ2n) is 8.07. The van der Waals surface area contributed by atoms with E-state index < -0.39 is 18.0 Å². The fraction of sp³-hybridized carbons (Fsp3) is 0.360. The number of amides is 1. The molecule has 1 amide bonds. The summed E-state index contributed by atoms with van der Waals surface area (Å²) in [5.41, 5.74) is 3.28. The predicted molar refractivity (Wildman–Crippen MR) is 120 cm³/mol. The number of β-amino-alcohol motifs (C(OH)–C–C–N with tert-alkyl or cyclic N) is 1. The molecule has 2 heterocycles. The SMILES string of the molecule is CCc1ccc2nc(C)cc(C(=O)N3CC[C@@H](Oc4ccc(F)cc4OC)[C@H](O)C3)c2c1. The van der Waals surface area contributed by atoms with Crippen molar-refractivity contribution in [2.45, 2.75) is 38.9 Å². The molecule has 1 aliphatic heterocycles. The van der Waals surface area contributed by atoms with Crippen LogP contribution in [0.1, 0.15) is 35.0 Å². The molecule has 3 aromatic rings. The Bertz CT molecular complexity index is 1150. The third kappa shape index (κ3) is 4.39. The average Bonchev–Trinajstić information content (AvgIpc) is 2.80. The van der Waals surface area contributed by atoms with Gasteiger partial charge in [0.2, 0.25) is 0 Å². The van der Waals surface area contributed by atoms with Gasteiger partial charge in [-0.2, -0.15) is 0 Å². The van der Waals surface area contributed by atoms with Gasteiger partial charge in [-0.3, -0.25) is 9.78 Å². The van der Waals surface area contributed by atoms with Crippen LogP contribution in [0.25, 0.3) is 10.9 Å². The molecular weight excluding hydrogens is 411 g/mol. The summed E-state index contributed by atoms with van der Waals surface area (Å²) in [6, 6.07) is 11.8. The van der Waals surface area contributed by atoms with Gasteiger partial charge in [-0.1, -0.05) is 13.0 Å². The van der Waals surface area contributed by atoms with Crippen LogP contribution in [0.2, 0.25) is 0 Å². The van der Waals surface area contributed by atoms with Crippen LogP contribution >= 0.6 is 0 Å². The molecule has 1 fully saturated rings. The number of halogens is 1. The molecule has 6 nitrogen and oxygen atoms in total. The van der Waals surface area contributed by atoms with Gasteiger partial charge < -0.3 is 19.5 Å². The Kier molecular flexibility index (Phi) is 6.28. The predicted octanol–water partition coefficient (Wildman–Crippen LogP) is 3.91. The molecule has 2 atom stereocenters. The van der Waals surface area contributed by atoms with Gasteiger partial charge in [0.15, 0.2) is 11.5 Å². The number of aliphatic hydroxyl groups is 1. The molecule has 0 saturated carbocycles. The number of nitrogens with zero attached hydrogens (tertiary/aromatic N) is 2. The van der Waals surface area contributed by atoms with Crippen molar-refractivity contribution in [3.63, 3.8) is 0 Å². The van der Waals surface area contributed by atoms with Crippen LogP contribution in [0.4, 0.5) is 4.39 Å². The van der Waals surface area contributed by atoms with Gasteiger partial charge in [0.25, 0.3) is 5.91 Å². The van der Waals surface area contributed by atoms with Crippen molar-refractivity contribution < 1.29 is 23.8 Å². The van der Waals surface area contributed by atoms with Gasteiger partial charge in [0.1, 0.15) is 18.0 Å². The van der Waals surface area contributed by atoms with Crippen molar-refractivity contribution in [3.05, 3.63) is 65.1 Å². The lowest BCUT2D eigenvalue weighted by molar-refractivity contribution is -0.0206. The van der Waals surface area contributed by atoms with E-state index in [0.717, 1.165) is 28.6 Å². The summed E-state index contributed by atoms with van der Waals surface area (Å²) in [6.07, 6.45) is -0.106. The molecule has 0 bridgehead atoms. The molecular formula is C25H27FN2O4. The zero-order chi connectivity index (χ0) is 22.8. The molecule has 0 unspecified atom stereocenters.